The molecule has 0 N–H and O–H groups in total. The second kappa shape index (κ2) is 6.71. The predicted octanol–water partition coefficient (Wildman–Crippen LogP) is 3.12. The van der Waals surface area contributed by atoms with E-state index >= 15 is 0 Å². The first kappa shape index (κ1) is 13.3. The van der Waals surface area contributed by atoms with Crippen molar-refractivity contribution in [2.24, 2.45) is 0 Å². The molecule has 0 aliphatic carbocycles. The highest BCUT2D eigenvalue weighted by atomic mass is 16.6. The molecule has 1 atom stereocenters. The summed E-state index contributed by atoms with van der Waals surface area (Å²) in [5, 5.41) is 0. The fourth-order valence-corrected chi connectivity index (χ4v) is 1.80. The summed E-state index contributed by atoms with van der Waals surface area (Å²) in [5.74, 6) is -0.377. The highest BCUT2D eigenvalue weighted by Crippen LogP contribution is 2.18. The summed E-state index contributed by atoms with van der Waals surface area (Å²) in [7, 11) is 1.50. The van der Waals surface area contributed by atoms with Gasteiger partial charge in [-0.25, -0.2) is 4.79 Å². The van der Waals surface area contributed by atoms with Gasteiger partial charge in [-0.3, -0.25) is 0 Å². The van der Waals surface area contributed by atoms with Gasteiger partial charge >= 0.3 is 5.97 Å². The summed E-state index contributed by atoms with van der Waals surface area (Å²) in [6.45, 7) is 0.256. The van der Waals surface area contributed by atoms with Gasteiger partial charge in [-0.2, -0.15) is 0 Å². The first-order valence-corrected chi connectivity index (χ1v) is 6.09. The summed E-state index contributed by atoms with van der Waals surface area (Å²) in [5.41, 5.74) is 1.75. The molecule has 0 amide bonds. The average Bonchev–Trinajstić information content (AvgIpc) is 2.48. The number of methoxy groups -OCH3 is 1. The Morgan fingerprint density at radius 1 is 1.00 bits per heavy atom. The van der Waals surface area contributed by atoms with Crippen molar-refractivity contribution < 1.29 is 14.3 Å². The zero-order valence-electron chi connectivity index (χ0n) is 10.8. The molecule has 0 spiro atoms. The van der Waals surface area contributed by atoms with Gasteiger partial charge in [-0.1, -0.05) is 60.7 Å². The van der Waals surface area contributed by atoms with Crippen molar-refractivity contribution in [3.05, 3.63) is 71.8 Å². The smallest absolute Gasteiger partial charge is 0.340 e. The van der Waals surface area contributed by atoms with Crippen molar-refractivity contribution in [2.45, 2.75) is 12.7 Å². The van der Waals surface area contributed by atoms with Crippen LogP contribution in [0.5, 0.6) is 0 Å². The maximum Gasteiger partial charge on any atom is 0.340 e. The highest BCUT2D eigenvalue weighted by molar-refractivity contribution is 5.76. The van der Waals surface area contributed by atoms with E-state index in [2.05, 4.69) is 0 Å². The van der Waals surface area contributed by atoms with Crippen molar-refractivity contribution in [2.75, 3.05) is 7.11 Å². The Morgan fingerprint density at radius 3 is 2.16 bits per heavy atom. The molecule has 0 aromatic heterocycles. The summed E-state index contributed by atoms with van der Waals surface area (Å²) in [6, 6.07) is 18.9. The lowest BCUT2D eigenvalue weighted by molar-refractivity contribution is -0.157. The third-order valence-corrected chi connectivity index (χ3v) is 2.78. The van der Waals surface area contributed by atoms with Crippen LogP contribution in [0.15, 0.2) is 60.7 Å². The molecule has 0 heterocycles. The molecule has 3 nitrogen and oxygen atoms in total. The number of ether oxygens (including phenoxy) is 2. The second-order valence-electron chi connectivity index (χ2n) is 4.12. The Kier molecular flexibility index (Phi) is 4.70. The predicted molar refractivity (Wildman–Crippen MR) is 72.4 cm³/mol. The van der Waals surface area contributed by atoms with E-state index in [1.807, 2.05) is 60.7 Å². The van der Waals surface area contributed by atoms with Gasteiger partial charge in [0.05, 0.1) is 0 Å². The van der Waals surface area contributed by atoms with Crippen molar-refractivity contribution in [3.63, 3.8) is 0 Å². The minimum Gasteiger partial charge on any atom is -0.459 e. The fourth-order valence-electron chi connectivity index (χ4n) is 1.80. The molecule has 0 saturated heterocycles. The van der Waals surface area contributed by atoms with Gasteiger partial charge in [0.1, 0.15) is 6.61 Å². The van der Waals surface area contributed by atoms with Gasteiger partial charge < -0.3 is 9.47 Å². The number of hydrogen-bond donors (Lipinski definition) is 0. The standard InChI is InChI=1S/C16H16O3/c1-18-15(14-10-6-3-7-11-14)16(17)19-12-13-8-4-2-5-9-13/h2-11,15H,12H2,1H3/t15-/m0/s1. The number of rotatable bonds is 5. The lowest BCUT2D eigenvalue weighted by atomic mass is 10.1. The van der Waals surface area contributed by atoms with Crippen LogP contribution in [0.25, 0.3) is 0 Å². The van der Waals surface area contributed by atoms with Crippen molar-refractivity contribution in [1.29, 1.82) is 0 Å². The molecule has 98 valence electrons. The van der Waals surface area contributed by atoms with E-state index in [-0.39, 0.29) is 12.6 Å². The molecule has 2 aromatic carbocycles. The Hall–Kier alpha value is -2.13. The SMILES string of the molecule is CO[C@H](C(=O)OCc1ccccc1)c1ccccc1. The molecular formula is C16H16O3. The average molecular weight is 256 g/mol. The molecule has 0 unspecified atom stereocenters. The van der Waals surface area contributed by atoms with Gasteiger partial charge in [0, 0.05) is 7.11 Å². The monoisotopic (exact) mass is 256 g/mol. The van der Waals surface area contributed by atoms with Gasteiger partial charge in [0.15, 0.2) is 6.10 Å². The van der Waals surface area contributed by atoms with Crippen LogP contribution in [0.4, 0.5) is 0 Å². The Bertz CT molecular complexity index is 508. The molecule has 19 heavy (non-hydrogen) atoms. The summed E-state index contributed by atoms with van der Waals surface area (Å²) >= 11 is 0. The zero-order chi connectivity index (χ0) is 13.5. The van der Waals surface area contributed by atoms with Gasteiger partial charge in [-0.05, 0) is 11.1 Å². The molecule has 0 bridgehead atoms. The molecular weight excluding hydrogens is 240 g/mol. The molecule has 2 aromatic rings. The minimum absolute atomic E-state index is 0.256. The summed E-state index contributed by atoms with van der Waals surface area (Å²) < 4.78 is 10.5. The number of carbonyl (C=O) groups is 1. The summed E-state index contributed by atoms with van der Waals surface area (Å²) in [4.78, 5) is 12.0. The summed E-state index contributed by atoms with van der Waals surface area (Å²) in [6.07, 6.45) is -0.676. The first-order valence-electron chi connectivity index (χ1n) is 6.09. The first-order chi connectivity index (χ1) is 9.31. The minimum atomic E-state index is -0.676. The van der Waals surface area contributed by atoms with Crippen LogP contribution >= 0.6 is 0 Å². The Labute approximate surface area is 112 Å². The van der Waals surface area contributed by atoms with Gasteiger partial charge in [0.25, 0.3) is 0 Å². The fraction of sp³-hybridized carbons (Fsp3) is 0.188. The largest absolute Gasteiger partial charge is 0.459 e. The maximum absolute atomic E-state index is 12.0. The molecule has 2 rings (SSSR count). The zero-order valence-corrected chi connectivity index (χ0v) is 10.8. The second-order valence-corrected chi connectivity index (χ2v) is 4.12. The molecule has 0 aliphatic heterocycles. The molecule has 3 heteroatoms. The quantitative estimate of drug-likeness (QED) is 0.771. The van der Waals surface area contributed by atoms with E-state index in [0.29, 0.717) is 0 Å². The van der Waals surface area contributed by atoms with Gasteiger partial charge in [0.2, 0.25) is 0 Å². The number of esters is 1. The molecule has 0 saturated carbocycles. The maximum atomic E-state index is 12.0. The van der Waals surface area contributed by atoms with Crippen LogP contribution in [0.3, 0.4) is 0 Å². The lowest BCUT2D eigenvalue weighted by Crippen LogP contribution is -2.17. The van der Waals surface area contributed by atoms with Crippen LogP contribution in [-0.4, -0.2) is 13.1 Å². The van der Waals surface area contributed by atoms with Crippen LogP contribution in [-0.2, 0) is 20.9 Å². The van der Waals surface area contributed by atoms with Crippen LogP contribution in [0, 0.1) is 0 Å². The van der Waals surface area contributed by atoms with E-state index in [9.17, 15) is 4.79 Å². The Morgan fingerprint density at radius 2 is 1.58 bits per heavy atom. The van der Waals surface area contributed by atoms with Crippen molar-refractivity contribution >= 4 is 5.97 Å². The highest BCUT2D eigenvalue weighted by Gasteiger charge is 2.21. The van der Waals surface area contributed by atoms with E-state index in [1.54, 1.807) is 0 Å². The van der Waals surface area contributed by atoms with Crippen molar-refractivity contribution in [1.82, 2.24) is 0 Å². The van der Waals surface area contributed by atoms with E-state index in [4.69, 9.17) is 9.47 Å². The van der Waals surface area contributed by atoms with E-state index in [0.717, 1.165) is 11.1 Å². The number of benzene rings is 2. The number of carbonyl (C=O) groups excluding carboxylic acids is 1. The topological polar surface area (TPSA) is 35.5 Å². The van der Waals surface area contributed by atoms with E-state index < -0.39 is 6.10 Å². The van der Waals surface area contributed by atoms with Crippen LogP contribution < -0.4 is 0 Å². The third-order valence-electron chi connectivity index (χ3n) is 2.78. The van der Waals surface area contributed by atoms with Crippen molar-refractivity contribution in [3.8, 4) is 0 Å². The molecule has 0 aliphatic rings. The van der Waals surface area contributed by atoms with Crippen LogP contribution in [0.2, 0.25) is 0 Å². The Balaban J connectivity index is 1.98. The van der Waals surface area contributed by atoms with Crippen LogP contribution in [0.1, 0.15) is 17.2 Å². The van der Waals surface area contributed by atoms with E-state index in [1.165, 1.54) is 7.11 Å². The normalized spacial score (nSPS) is 11.8. The third kappa shape index (κ3) is 3.66. The lowest BCUT2D eigenvalue weighted by Gasteiger charge is -2.14. The van der Waals surface area contributed by atoms with Gasteiger partial charge in [-0.15, -0.1) is 0 Å². The molecule has 0 fully saturated rings. The molecule has 0 radical (unpaired) electrons. The number of hydrogen-bond acceptors (Lipinski definition) is 3.